The SMILES string of the molecule is CCCCCC(O)C=CC=CCC=CCC=CCCCC(=O)OCC. The predicted molar refractivity (Wildman–Crippen MR) is 106 cm³/mol. The van der Waals surface area contributed by atoms with Crippen LogP contribution >= 0.6 is 0 Å². The van der Waals surface area contributed by atoms with Gasteiger partial charge in [-0.3, -0.25) is 4.79 Å². The van der Waals surface area contributed by atoms with Crippen LogP contribution in [0.2, 0.25) is 0 Å². The summed E-state index contributed by atoms with van der Waals surface area (Å²) in [5.41, 5.74) is 0. The van der Waals surface area contributed by atoms with Crippen molar-refractivity contribution in [3.63, 3.8) is 0 Å². The van der Waals surface area contributed by atoms with E-state index in [1.165, 1.54) is 12.8 Å². The van der Waals surface area contributed by atoms with Gasteiger partial charge in [0.2, 0.25) is 0 Å². The van der Waals surface area contributed by atoms with Crippen LogP contribution in [0.15, 0.2) is 48.6 Å². The fourth-order valence-electron chi connectivity index (χ4n) is 2.21. The minimum absolute atomic E-state index is 0.106. The molecule has 0 heterocycles. The molecule has 0 fully saturated rings. The van der Waals surface area contributed by atoms with Gasteiger partial charge in [0.15, 0.2) is 0 Å². The normalized spacial score (nSPS) is 13.6. The Balaban J connectivity index is 3.58. The minimum atomic E-state index is -0.319. The van der Waals surface area contributed by atoms with Crippen molar-refractivity contribution in [2.45, 2.75) is 77.7 Å². The standard InChI is InChI=1S/C22H36O3/c1-3-5-15-18-21(23)19-16-13-11-9-7-6-8-10-12-14-17-20-22(24)25-4-2/h6-7,10-13,16,19,21,23H,3-5,8-9,14-15,17-18,20H2,1-2H3. The molecule has 0 rings (SSSR count). The molecule has 142 valence electrons. The fraction of sp³-hybridized carbons (Fsp3) is 0.591. The Morgan fingerprint density at radius 3 is 2.40 bits per heavy atom. The maximum atomic E-state index is 11.1. The van der Waals surface area contributed by atoms with Crippen molar-refractivity contribution in [2.75, 3.05) is 6.61 Å². The average molecular weight is 349 g/mol. The second-order valence-electron chi connectivity index (χ2n) is 5.99. The van der Waals surface area contributed by atoms with Crippen molar-refractivity contribution in [1.29, 1.82) is 0 Å². The zero-order valence-electron chi connectivity index (χ0n) is 16.0. The van der Waals surface area contributed by atoms with Gasteiger partial charge in [-0.15, -0.1) is 0 Å². The number of esters is 1. The first-order chi connectivity index (χ1) is 12.2. The van der Waals surface area contributed by atoms with Crippen LogP contribution in [0.1, 0.15) is 71.6 Å². The third kappa shape index (κ3) is 18.6. The second kappa shape index (κ2) is 18.7. The molecule has 3 heteroatoms. The molecule has 0 amide bonds. The van der Waals surface area contributed by atoms with Crippen LogP contribution in [0, 0.1) is 0 Å². The van der Waals surface area contributed by atoms with E-state index in [9.17, 15) is 9.90 Å². The van der Waals surface area contributed by atoms with Crippen LogP contribution in [0.4, 0.5) is 0 Å². The first-order valence-corrected chi connectivity index (χ1v) is 9.67. The van der Waals surface area contributed by atoms with E-state index in [4.69, 9.17) is 4.74 Å². The van der Waals surface area contributed by atoms with Crippen LogP contribution < -0.4 is 0 Å². The highest BCUT2D eigenvalue weighted by molar-refractivity contribution is 5.69. The minimum Gasteiger partial charge on any atom is -0.466 e. The van der Waals surface area contributed by atoms with Crippen molar-refractivity contribution < 1.29 is 14.6 Å². The Hall–Kier alpha value is -1.61. The van der Waals surface area contributed by atoms with E-state index >= 15 is 0 Å². The molecule has 1 N–H and O–H groups in total. The molecule has 0 aliphatic carbocycles. The number of aliphatic hydroxyl groups excluding tert-OH is 1. The number of aliphatic hydroxyl groups is 1. The summed E-state index contributed by atoms with van der Waals surface area (Å²) in [6, 6.07) is 0. The lowest BCUT2D eigenvalue weighted by Gasteiger charge is -2.02. The van der Waals surface area contributed by atoms with Crippen LogP contribution in [0.5, 0.6) is 0 Å². The smallest absolute Gasteiger partial charge is 0.305 e. The topological polar surface area (TPSA) is 46.5 Å². The average Bonchev–Trinajstić information content (AvgIpc) is 2.59. The van der Waals surface area contributed by atoms with Gasteiger partial charge in [-0.1, -0.05) is 74.8 Å². The molecule has 0 spiro atoms. The Kier molecular flexibility index (Phi) is 17.5. The first kappa shape index (κ1) is 23.4. The molecule has 0 radical (unpaired) electrons. The number of unbranched alkanes of at least 4 members (excludes halogenated alkanes) is 3. The molecule has 0 bridgehead atoms. The number of carbonyl (C=O) groups excluding carboxylic acids is 1. The summed E-state index contributed by atoms with van der Waals surface area (Å²) < 4.78 is 4.88. The van der Waals surface area contributed by atoms with Gasteiger partial charge in [-0.05, 0) is 39.0 Å². The molecule has 25 heavy (non-hydrogen) atoms. The largest absolute Gasteiger partial charge is 0.466 e. The third-order valence-electron chi connectivity index (χ3n) is 3.62. The van der Waals surface area contributed by atoms with Crippen molar-refractivity contribution in [3.05, 3.63) is 48.6 Å². The van der Waals surface area contributed by atoms with Crippen molar-refractivity contribution in [2.24, 2.45) is 0 Å². The fourth-order valence-corrected chi connectivity index (χ4v) is 2.21. The third-order valence-corrected chi connectivity index (χ3v) is 3.62. The molecule has 0 aliphatic heterocycles. The van der Waals surface area contributed by atoms with Gasteiger partial charge in [0.25, 0.3) is 0 Å². The number of carbonyl (C=O) groups is 1. The molecule has 0 aromatic rings. The molecule has 0 aliphatic rings. The van der Waals surface area contributed by atoms with Crippen molar-refractivity contribution in [1.82, 2.24) is 0 Å². The van der Waals surface area contributed by atoms with E-state index in [2.05, 4.69) is 37.3 Å². The summed E-state index contributed by atoms with van der Waals surface area (Å²) in [6.07, 6.45) is 24.4. The summed E-state index contributed by atoms with van der Waals surface area (Å²) >= 11 is 0. The van der Waals surface area contributed by atoms with E-state index in [0.29, 0.717) is 13.0 Å². The molecule has 3 nitrogen and oxygen atoms in total. The molecule has 0 aromatic heterocycles. The van der Waals surface area contributed by atoms with E-state index in [1.807, 2.05) is 25.2 Å². The Morgan fingerprint density at radius 1 is 0.960 bits per heavy atom. The van der Waals surface area contributed by atoms with E-state index in [0.717, 1.165) is 38.5 Å². The van der Waals surface area contributed by atoms with Gasteiger partial charge in [0.05, 0.1) is 12.7 Å². The lowest BCUT2D eigenvalue weighted by atomic mass is 10.1. The molecule has 0 saturated heterocycles. The molecular weight excluding hydrogens is 312 g/mol. The number of hydrogen-bond acceptors (Lipinski definition) is 3. The molecule has 0 aromatic carbocycles. The van der Waals surface area contributed by atoms with Gasteiger partial charge in [0.1, 0.15) is 0 Å². The van der Waals surface area contributed by atoms with Gasteiger partial charge < -0.3 is 9.84 Å². The maximum Gasteiger partial charge on any atom is 0.305 e. The number of rotatable bonds is 15. The summed E-state index contributed by atoms with van der Waals surface area (Å²) in [5, 5.41) is 9.73. The van der Waals surface area contributed by atoms with Crippen molar-refractivity contribution >= 4 is 5.97 Å². The van der Waals surface area contributed by atoms with Crippen LogP contribution in [0.25, 0.3) is 0 Å². The lowest BCUT2D eigenvalue weighted by Crippen LogP contribution is -2.02. The summed E-state index contributed by atoms with van der Waals surface area (Å²) in [5.74, 6) is -0.106. The lowest BCUT2D eigenvalue weighted by molar-refractivity contribution is -0.143. The summed E-state index contributed by atoms with van der Waals surface area (Å²) in [7, 11) is 0. The Morgan fingerprint density at radius 2 is 1.68 bits per heavy atom. The second-order valence-corrected chi connectivity index (χ2v) is 5.99. The monoisotopic (exact) mass is 348 g/mol. The number of hydrogen-bond donors (Lipinski definition) is 1. The highest BCUT2D eigenvalue weighted by Crippen LogP contribution is 2.04. The zero-order valence-corrected chi connectivity index (χ0v) is 16.0. The van der Waals surface area contributed by atoms with Gasteiger partial charge >= 0.3 is 5.97 Å². The molecule has 1 unspecified atom stereocenters. The zero-order chi connectivity index (χ0) is 18.6. The quantitative estimate of drug-likeness (QED) is 0.180. The Bertz CT molecular complexity index is 419. The van der Waals surface area contributed by atoms with Crippen LogP contribution in [-0.2, 0) is 9.53 Å². The highest BCUT2D eigenvalue weighted by Gasteiger charge is 1.98. The highest BCUT2D eigenvalue weighted by atomic mass is 16.5. The summed E-state index contributed by atoms with van der Waals surface area (Å²) in [4.78, 5) is 11.1. The number of ether oxygens (including phenoxy) is 1. The van der Waals surface area contributed by atoms with Gasteiger partial charge in [0, 0.05) is 6.42 Å². The van der Waals surface area contributed by atoms with Gasteiger partial charge in [-0.25, -0.2) is 0 Å². The number of allylic oxidation sites excluding steroid dienone is 7. The molecule has 1 atom stereocenters. The molecular formula is C22H36O3. The van der Waals surface area contributed by atoms with Crippen molar-refractivity contribution in [3.8, 4) is 0 Å². The van der Waals surface area contributed by atoms with Gasteiger partial charge in [-0.2, -0.15) is 0 Å². The maximum absolute atomic E-state index is 11.1. The predicted octanol–water partition coefficient (Wildman–Crippen LogP) is 5.67. The molecule has 0 saturated carbocycles. The first-order valence-electron chi connectivity index (χ1n) is 9.67. The van der Waals surface area contributed by atoms with Crippen LogP contribution in [-0.4, -0.2) is 23.8 Å². The Labute approximate surface area is 154 Å². The van der Waals surface area contributed by atoms with E-state index in [1.54, 1.807) is 0 Å². The summed E-state index contributed by atoms with van der Waals surface area (Å²) in [6.45, 7) is 4.46. The van der Waals surface area contributed by atoms with Crippen LogP contribution in [0.3, 0.4) is 0 Å². The van der Waals surface area contributed by atoms with E-state index in [-0.39, 0.29) is 12.1 Å². The van der Waals surface area contributed by atoms with E-state index < -0.39 is 0 Å².